The Morgan fingerprint density at radius 1 is 1.04 bits per heavy atom. The van der Waals surface area contributed by atoms with E-state index in [1.165, 1.54) is 0 Å². The molecule has 0 bridgehead atoms. The van der Waals surface area contributed by atoms with Crippen LogP contribution < -0.4 is 4.90 Å². The van der Waals surface area contributed by atoms with Crippen LogP contribution in [0.3, 0.4) is 0 Å². The Balaban J connectivity index is 2.10. The normalized spacial score (nSPS) is 12.9. The molecule has 0 aliphatic carbocycles. The molecule has 5 heteroatoms. The van der Waals surface area contributed by atoms with Crippen molar-refractivity contribution >= 4 is 11.6 Å². The van der Waals surface area contributed by atoms with Crippen molar-refractivity contribution in [3.05, 3.63) is 54.1 Å². The van der Waals surface area contributed by atoms with Gasteiger partial charge in [0.05, 0.1) is 17.9 Å². The second-order valence-corrected chi connectivity index (χ2v) is 6.60. The molecule has 0 radical (unpaired) electrons. The van der Waals surface area contributed by atoms with Crippen molar-refractivity contribution in [2.75, 3.05) is 4.90 Å². The van der Waals surface area contributed by atoms with Gasteiger partial charge in [-0.05, 0) is 25.5 Å². The van der Waals surface area contributed by atoms with Gasteiger partial charge < -0.3 is 4.90 Å². The second kappa shape index (κ2) is 5.84. The van der Waals surface area contributed by atoms with E-state index in [4.69, 9.17) is 0 Å². The van der Waals surface area contributed by atoms with Gasteiger partial charge in [-0.1, -0.05) is 47.7 Å². The number of anilines is 1. The van der Waals surface area contributed by atoms with Crippen LogP contribution in [0.4, 0.5) is 5.69 Å². The number of carbonyl (C=O) groups excluding carboxylic acids is 1. The molecule has 0 saturated carbocycles. The number of carbonyl (C=O) groups is 1. The molecule has 4 rings (SSSR count). The molecule has 2 heterocycles. The van der Waals surface area contributed by atoms with Gasteiger partial charge in [-0.2, -0.15) is 0 Å². The first kappa shape index (κ1) is 15.6. The predicted molar refractivity (Wildman–Crippen MR) is 98.1 cm³/mol. The summed E-state index contributed by atoms with van der Waals surface area (Å²) in [7, 11) is 0. The molecule has 1 aliphatic heterocycles. The first-order valence-electron chi connectivity index (χ1n) is 8.49. The van der Waals surface area contributed by atoms with Crippen molar-refractivity contribution in [1.29, 1.82) is 0 Å². The van der Waals surface area contributed by atoms with E-state index < -0.39 is 0 Å². The number of hydrogen-bond donors (Lipinski definition) is 0. The topological polar surface area (TPSA) is 51.0 Å². The molecule has 0 fully saturated rings. The quantitative estimate of drug-likeness (QED) is 0.675. The highest BCUT2D eigenvalue weighted by atomic mass is 16.2. The Morgan fingerprint density at radius 3 is 2.44 bits per heavy atom. The average molecular weight is 332 g/mol. The smallest absolute Gasteiger partial charge is 0.224 e. The fraction of sp³-hybridized carbons (Fsp3) is 0.250. The van der Waals surface area contributed by atoms with E-state index in [0.717, 1.165) is 33.8 Å². The van der Waals surface area contributed by atoms with Gasteiger partial charge in [0.15, 0.2) is 0 Å². The molecule has 0 N–H and O–H groups in total. The minimum atomic E-state index is 0.0157. The lowest BCUT2D eigenvalue weighted by Gasteiger charge is -2.27. The first-order chi connectivity index (χ1) is 12.1. The number of amides is 1. The monoisotopic (exact) mass is 332 g/mol. The highest BCUT2D eigenvalue weighted by Crippen LogP contribution is 2.41. The summed E-state index contributed by atoms with van der Waals surface area (Å²) in [6.07, 6.45) is 0. The number of benzene rings is 2. The largest absolute Gasteiger partial charge is 0.308 e. The second-order valence-electron chi connectivity index (χ2n) is 6.60. The van der Waals surface area contributed by atoms with Crippen molar-refractivity contribution in [3.8, 4) is 22.5 Å². The third-order valence-electron chi connectivity index (χ3n) is 4.61. The molecule has 1 aliphatic rings. The Hall–Kier alpha value is -2.95. The minimum Gasteiger partial charge on any atom is -0.308 e. The minimum absolute atomic E-state index is 0.0157. The summed E-state index contributed by atoms with van der Waals surface area (Å²) in [4.78, 5) is 14.2. The Kier molecular flexibility index (Phi) is 3.64. The number of aromatic nitrogens is 3. The molecule has 0 atom stereocenters. The number of fused-ring (bicyclic) bond motifs is 5. The molecule has 0 spiro atoms. The van der Waals surface area contributed by atoms with Gasteiger partial charge in [-0.15, -0.1) is 5.10 Å². The van der Waals surface area contributed by atoms with Gasteiger partial charge in [0.1, 0.15) is 5.69 Å². The van der Waals surface area contributed by atoms with Crippen molar-refractivity contribution < 1.29 is 4.79 Å². The van der Waals surface area contributed by atoms with Crippen molar-refractivity contribution in [1.82, 2.24) is 15.0 Å². The molecule has 25 heavy (non-hydrogen) atoms. The van der Waals surface area contributed by atoms with Gasteiger partial charge >= 0.3 is 0 Å². The summed E-state index contributed by atoms with van der Waals surface area (Å²) in [5.74, 6) is 0.0157. The zero-order chi connectivity index (χ0) is 17.6. The molecular weight excluding hydrogens is 312 g/mol. The third-order valence-corrected chi connectivity index (χ3v) is 4.61. The van der Waals surface area contributed by atoms with Crippen LogP contribution >= 0.6 is 0 Å². The standard InChI is InChI=1S/C20H20N4O/c1-13(2)24-20-16-9-5-4-8-15(16)12-23(14(3)25)18-11-7-6-10-17(18)19(20)21-22-24/h4-11,13H,12H2,1-3H3. The molecule has 126 valence electrons. The van der Waals surface area contributed by atoms with E-state index in [1.807, 2.05) is 46.0 Å². The molecule has 5 nitrogen and oxygen atoms in total. The van der Waals surface area contributed by atoms with Gasteiger partial charge in [-0.25, -0.2) is 4.68 Å². The van der Waals surface area contributed by atoms with Gasteiger partial charge in [0.2, 0.25) is 5.91 Å². The summed E-state index contributed by atoms with van der Waals surface area (Å²) in [5.41, 5.74) is 5.83. The van der Waals surface area contributed by atoms with E-state index in [1.54, 1.807) is 6.92 Å². The molecule has 1 aromatic heterocycles. The number of para-hydroxylation sites is 1. The SMILES string of the molecule is CC(=O)N1Cc2ccccc2-c2c(nnn2C(C)C)-c2ccccc21. The maximum Gasteiger partial charge on any atom is 0.224 e. The number of hydrogen-bond acceptors (Lipinski definition) is 3. The molecule has 3 aromatic rings. The summed E-state index contributed by atoms with van der Waals surface area (Å²) >= 11 is 0. The van der Waals surface area contributed by atoms with Crippen LogP contribution in [0.15, 0.2) is 48.5 Å². The molecular formula is C20H20N4O. The van der Waals surface area contributed by atoms with Crippen LogP contribution in [0.5, 0.6) is 0 Å². The van der Waals surface area contributed by atoms with Crippen LogP contribution in [-0.2, 0) is 11.3 Å². The van der Waals surface area contributed by atoms with Crippen LogP contribution in [0.2, 0.25) is 0 Å². The lowest BCUT2D eigenvalue weighted by molar-refractivity contribution is -0.116. The Morgan fingerprint density at radius 2 is 1.72 bits per heavy atom. The molecule has 2 aromatic carbocycles. The maximum atomic E-state index is 12.3. The van der Waals surface area contributed by atoms with E-state index in [9.17, 15) is 4.79 Å². The molecule has 0 saturated heterocycles. The van der Waals surface area contributed by atoms with Crippen LogP contribution in [0.1, 0.15) is 32.4 Å². The average Bonchev–Trinajstić information content (AvgIpc) is 3.03. The van der Waals surface area contributed by atoms with Crippen LogP contribution in [0, 0.1) is 0 Å². The maximum absolute atomic E-state index is 12.3. The summed E-state index contributed by atoms with van der Waals surface area (Å²) in [5, 5.41) is 8.90. The van der Waals surface area contributed by atoms with Gasteiger partial charge in [0, 0.05) is 24.1 Å². The first-order valence-corrected chi connectivity index (χ1v) is 8.49. The van der Waals surface area contributed by atoms with Gasteiger partial charge in [-0.3, -0.25) is 4.79 Å². The van der Waals surface area contributed by atoms with E-state index in [0.29, 0.717) is 6.54 Å². The zero-order valence-corrected chi connectivity index (χ0v) is 14.6. The number of nitrogens with zero attached hydrogens (tertiary/aromatic N) is 4. The van der Waals surface area contributed by atoms with E-state index >= 15 is 0 Å². The molecule has 0 unspecified atom stereocenters. The van der Waals surface area contributed by atoms with Crippen molar-refractivity contribution in [3.63, 3.8) is 0 Å². The summed E-state index contributed by atoms with van der Waals surface area (Å²) in [6, 6.07) is 16.3. The van der Waals surface area contributed by atoms with Crippen molar-refractivity contribution in [2.24, 2.45) is 0 Å². The van der Waals surface area contributed by atoms with Crippen molar-refractivity contribution in [2.45, 2.75) is 33.4 Å². The highest BCUT2D eigenvalue weighted by molar-refractivity contribution is 5.99. The van der Waals surface area contributed by atoms with Crippen LogP contribution in [-0.4, -0.2) is 20.9 Å². The van der Waals surface area contributed by atoms with Gasteiger partial charge in [0.25, 0.3) is 0 Å². The van der Waals surface area contributed by atoms with Crippen LogP contribution in [0.25, 0.3) is 22.5 Å². The number of rotatable bonds is 1. The highest BCUT2D eigenvalue weighted by Gasteiger charge is 2.28. The Labute approximate surface area is 146 Å². The van der Waals surface area contributed by atoms with E-state index in [-0.39, 0.29) is 11.9 Å². The fourth-order valence-corrected chi connectivity index (χ4v) is 3.42. The predicted octanol–water partition coefficient (Wildman–Crippen LogP) is 4.06. The third kappa shape index (κ3) is 2.43. The summed E-state index contributed by atoms with van der Waals surface area (Å²) < 4.78 is 1.97. The lowest BCUT2D eigenvalue weighted by atomic mass is 9.95. The summed E-state index contributed by atoms with van der Waals surface area (Å²) in [6.45, 7) is 6.34. The lowest BCUT2D eigenvalue weighted by Crippen LogP contribution is -2.29. The van der Waals surface area contributed by atoms with E-state index in [2.05, 4.69) is 36.3 Å². The Bertz CT molecular complexity index is 958. The fourth-order valence-electron chi connectivity index (χ4n) is 3.42. The molecule has 1 amide bonds. The zero-order valence-electron chi connectivity index (χ0n) is 14.6.